The number of methoxy groups -OCH3 is 1. The van der Waals surface area contributed by atoms with Crippen LogP contribution in [0.1, 0.15) is 23.1 Å². The number of fused-ring (bicyclic) bond motifs is 1. The first kappa shape index (κ1) is 31.8. The van der Waals surface area contributed by atoms with E-state index in [0.29, 0.717) is 23.2 Å². The number of nitrogens with zero attached hydrogens (tertiary/aromatic N) is 1. The van der Waals surface area contributed by atoms with Crippen molar-refractivity contribution in [3.63, 3.8) is 0 Å². The van der Waals surface area contributed by atoms with Crippen LogP contribution in [0, 0.1) is 5.92 Å². The number of amides is 1. The molecule has 0 aliphatic carbocycles. The van der Waals surface area contributed by atoms with Crippen molar-refractivity contribution in [2.45, 2.75) is 36.4 Å². The largest absolute Gasteiger partial charge is 0.469 e. The van der Waals surface area contributed by atoms with E-state index in [4.69, 9.17) is 4.74 Å². The van der Waals surface area contributed by atoms with Crippen molar-refractivity contribution in [3.8, 4) is 11.1 Å². The fraction of sp³-hybridized carbons (Fsp3) is 0.235. The van der Waals surface area contributed by atoms with Crippen molar-refractivity contribution in [2.75, 3.05) is 18.0 Å². The number of benzene rings is 4. The Balaban J connectivity index is 1.38. The van der Waals surface area contributed by atoms with E-state index in [-0.39, 0.29) is 35.8 Å². The van der Waals surface area contributed by atoms with Crippen LogP contribution in [0.2, 0.25) is 0 Å². The second-order valence-corrected chi connectivity index (χ2v) is 12.6. The zero-order chi connectivity index (χ0) is 32.2. The molecular formula is C34H31F3N2O5S. The molecule has 0 bridgehead atoms. The average Bonchev–Trinajstić information content (AvgIpc) is 3.44. The number of sulfonamides is 1. The summed E-state index contributed by atoms with van der Waals surface area (Å²) in [6, 6.07) is 25.6. The standard InChI is InChI=1S/C34H31F3N2O5S/c1-44-32(40)19-24(18-23-8-3-2-4-9-23)22-38-33(41)31-21-27-10-5-6-13-30(27)39(31)45(42,43)29-16-14-25(15-17-29)26-11-7-12-28(20-26)34(35,36)37/h2-17,20,24,31H,18-19,21-22H2,1H3,(H,38,41)/t24?,31-/m0/s1. The van der Waals surface area contributed by atoms with Gasteiger partial charge in [-0.05, 0) is 64.9 Å². The van der Waals surface area contributed by atoms with Crippen LogP contribution < -0.4 is 9.62 Å². The lowest BCUT2D eigenvalue weighted by Crippen LogP contribution is -2.49. The molecule has 1 aliphatic rings. The molecule has 45 heavy (non-hydrogen) atoms. The summed E-state index contributed by atoms with van der Waals surface area (Å²) in [5.41, 5.74) is 1.91. The number of alkyl halides is 3. The third-order valence-corrected chi connectivity index (χ3v) is 9.61. The number of rotatable bonds is 10. The highest BCUT2D eigenvalue weighted by Crippen LogP contribution is 2.38. The highest BCUT2D eigenvalue weighted by atomic mass is 32.2. The van der Waals surface area contributed by atoms with Gasteiger partial charge in [0.25, 0.3) is 10.0 Å². The number of ether oxygens (including phenoxy) is 1. The molecule has 0 fully saturated rings. The second kappa shape index (κ2) is 13.2. The summed E-state index contributed by atoms with van der Waals surface area (Å²) < 4.78 is 73.7. The molecule has 7 nitrogen and oxygen atoms in total. The van der Waals surface area contributed by atoms with E-state index in [9.17, 15) is 31.2 Å². The molecule has 0 radical (unpaired) electrons. The molecule has 234 valence electrons. The number of hydrogen-bond donors (Lipinski definition) is 1. The van der Waals surface area contributed by atoms with E-state index in [0.717, 1.165) is 22.0 Å². The first-order valence-corrected chi connectivity index (χ1v) is 15.7. The molecule has 4 aromatic carbocycles. The van der Waals surface area contributed by atoms with Gasteiger partial charge in [0.15, 0.2) is 0 Å². The molecule has 0 aromatic heterocycles. The number of hydrogen-bond acceptors (Lipinski definition) is 5. The number of carbonyl (C=O) groups excluding carboxylic acids is 2. The van der Waals surface area contributed by atoms with Gasteiger partial charge in [-0.1, -0.05) is 72.8 Å². The second-order valence-electron chi connectivity index (χ2n) is 10.8. The quantitative estimate of drug-likeness (QED) is 0.215. The van der Waals surface area contributed by atoms with Crippen LogP contribution in [0.25, 0.3) is 11.1 Å². The molecule has 1 aliphatic heterocycles. The Morgan fingerprint density at radius 2 is 1.60 bits per heavy atom. The van der Waals surface area contributed by atoms with Crippen molar-refractivity contribution in [1.82, 2.24) is 5.32 Å². The van der Waals surface area contributed by atoms with Crippen molar-refractivity contribution >= 4 is 27.6 Å². The minimum atomic E-state index is -4.51. The number of para-hydroxylation sites is 1. The summed E-state index contributed by atoms with van der Waals surface area (Å²) in [6.45, 7) is 0.120. The highest BCUT2D eigenvalue weighted by molar-refractivity contribution is 7.93. The Bertz CT molecular complexity index is 1780. The van der Waals surface area contributed by atoms with Crippen LogP contribution in [0.3, 0.4) is 0 Å². The summed E-state index contributed by atoms with van der Waals surface area (Å²) in [4.78, 5) is 25.6. The van der Waals surface area contributed by atoms with Crippen LogP contribution in [-0.4, -0.2) is 40.0 Å². The van der Waals surface area contributed by atoms with E-state index >= 15 is 0 Å². The molecule has 1 N–H and O–H groups in total. The van der Waals surface area contributed by atoms with E-state index in [1.807, 2.05) is 30.3 Å². The fourth-order valence-electron chi connectivity index (χ4n) is 5.51. The van der Waals surface area contributed by atoms with Crippen molar-refractivity contribution in [2.24, 2.45) is 5.92 Å². The zero-order valence-corrected chi connectivity index (χ0v) is 25.1. The Morgan fingerprint density at radius 1 is 0.911 bits per heavy atom. The molecule has 4 aromatic rings. The summed E-state index contributed by atoms with van der Waals surface area (Å²) in [5.74, 6) is -1.23. The summed E-state index contributed by atoms with van der Waals surface area (Å²) in [6.07, 6.45) is -3.80. The number of anilines is 1. The topological polar surface area (TPSA) is 92.8 Å². The minimum absolute atomic E-state index is 0.0663. The zero-order valence-electron chi connectivity index (χ0n) is 24.3. The highest BCUT2D eigenvalue weighted by Gasteiger charge is 2.42. The Kier molecular flexibility index (Phi) is 9.29. The van der Waals surface area contributed by atoms with Gasteiger partial charge in [0.05, 0.1) is 29.7 Å². The van der Waals surface area contributed by atoms with Crippen molar-refractivity contribution in [1.29, 1.82) is 0 Å². The maximum absolute atomic E-state index is 14.0. The van der Waals surface area contributed by atoms with Gasteiger partial charge in [-0.3, -0.25) is 13.9 Å². The number of esters is 1. The molecule has 5 rings (SSSR count). The molecule has 0 saturated heterocycles. The minimum Gasteiger partial charge on any atom is -0.469 e. The molecule has 1 heterocycles. The first-order valence-electron chi connectivity index (χ1n) is 14.3. The lowest BCUT2D eigenvalue weighted by Gasteiger charge is -2.27. The van der Waals surface area contributed by atoms with Gasteiger partial charge in [0, 0.05) is 13.0 Å². The third-order valence-electron chi connectivity index (χ3n) is 7.78. The van der Waals surface area contributed by atoms with Gasteiger partial charge in [-0.25, -0.2) is 8.42 Å². The molecule has 0 spiro atoms. The third kappa shape index (κ3) is 7.20. The molecule has 0 saturated carbocycles. The van der Waals surface area contributed by atoms with Gasteiger partial charge in [-0.15, -0.1) is 0 Å². The van der Waals surface area contributed by atoms with Crippen LogP contribution in [0.4, 0.5) is 18.9 Å². The summed E-state index contributed by atoms with van der Waals surface area (Å²) in [5, 5.41) is 2.87. The fourth-order valence-corrected chi connectivity index (χ4v) is 7.16. The van der Waals surface area contributed by atoms with E-state index in [2.05, 4.69) is 5.32 Å². The molecular weight excluding hydrogens is 605 g/mol. The van der Waals surface area contributed by atoms with Crippen molar-refractivity contribution < 1.29 is 35.9 Å². The molecule has 1 unspecified atom stereocenters. The maximum Gasteiger partial charge on any atom is 0.416 e. The predicted molar refractivity (Wildman–Crippen MR) is 164 cm³/mol. The maximum atomic E-state index is 14.0. The van der Waals surface area contributed by atoms with Gasteiger partial charge in [0.2, 0.25) is 5.91 Å². The van der Waals surface area contributed by atoms with E-state index in [1.54, 1.807) is 24.3 Å². The number of halogens is 3. The Labute approximate surface area is 259 Å². The first-order chi connectivity index (χ1) is 21.5. The molecule has 1 amide bonds. The van der Waals surface area contributed by atoms with Gasteiger partial charge >= 0.3 is 12.1 Å². The molecule has 2 atom stereocenters. The van der Waals surface area contributed by atoms with Gasteiger partial charge < -0.3 is 10.1 Å². The lowest BCUT2D eigenvalue weighted by atomic mass is 9.96. The summed E-state index contributed by atoms with van der Waals surface area (Å²) in [7, 11) is -2.97. The van der Waals surface area contributed by atoms with E-state index in [1.165, 1.54) is 43.5 Å². The van der Waals surface area contributed by atoms with Crippen molar-refractivity contribution in [3.05, 3.63) is 120 Å². The van der Waals surface area contributed by atoms with Crippen LogP contribution in [0.15, 0.2) is 108 Å². The van der Waals surface area contributed by atoms with Gasteiger partial charge in [-0.2, -0.15) is 13.2 Å². The predicted octanol–water partition coefficient (Wildman–Crippen LogP) is 6.03. The van der Waals surface area contributed by atoms with Crippen LogP contribution >= 0.6 is 0 Å². The average molecular weight is 637 g/mol. The molecule has 11 heteroatoms. The SMILES string of the molecule is COC(=O)CC(CNC(=O)[C@@H]1Cc2ccccc2N1S(=O)(=O)c1ccc(-c2cccc(C(F)(F)F)c2)cc1)Cc1ccccc1. The summed E-state index contributed by atoms with van der Waals surface area (Å²) >= 11 is 0. The Morgan fingerprint density at radius 3 is 2.29 bits per heavy atom. The normalized spacial score (nSPS) is 15.3. The Hall–Kier alpha value is -4.64. The monoisotopic (exact) mass is 636 g/mol. The number of nitrogens with one attached hydrogen (secondary N) is 1. The smallest absolute Gasteiger partial charge is 0.416 e. The van der Waals surface area contributed by atoms with Gasteiger partial charge in [0.1, 0.15) is 6.04 Å². The number of carbonyl (C=O) groups is 2. The van der Waals surface area contributed by atoms with Crippen LogP contribution in [-0.2, 0) is 43.4 Å². The van der Waals surface area contributed by atoms with E-state index < -0.39 is 39.7 Å². The van der Waals surface area contributed by atoms with Crippen LogP contribution in [0.5, 0.6) is 0 Å². The lowest BCUT2D eigenvalue weighted by molar-refractivity contribution is -0.142.